The van der Waals surface area contributed by atoms with Crippen molar-refractivity contribution in [3.63, 3.8) is 0 Å². The topological polar surface area (TPSA) is 58.7 Å². The van der Waals surface area contributed by atoms with Crippen molar-refractivity contribution < 1.29 is 28.4 Å². The van der Waals surface area contributed by atoms with Crippen molar-refractivity contribution in [1.29, 1.82) is 0 Å². The van der Waals surface area contributed by atoms with Gasteiger partial charge in [-0.15, -0.1) is 0 Å². The molecule has 1 fully saturated rings. The van der Waals surface area contributed by atoms with Crippen LogP contribution in [0.4, 0.5) is 0 Å². The molecule has 0 aromatic heterocycles. The third kappa shape index (κ3) is 3.62. The van der Waals surface area contributed by atoms with Crippen LogP contribution in [0.15, 0.2) is 24.3 Å². The quantitative estimate of drug-likeness (QED) is 0.412. The SMILES string of the molecule is COc1c(CCCOCC2CO2)c2c(c(OC)c1OC)Cc1ccccc1O2. The van der Waals surface area contributed by atoms with Crippen molar-refractivity contribution in [2.75, 3.05) is 41.2 Å². The van der Waals surface area contributed by atoms with E-state index in [2.05, 4.69) is 6.07 Å². The number of benzene rings is 2. The highest BCUT2D eigenvalue weighted by molar-refractivity contribution is 5.70. The minimum Gasteiger partial charge on any atom is -0.492 e. The second kappa shape index (κ2) is 8.29. The maximum atomic E-state index is 6.32. The zero-order valence-electron chi connectivity index (χ0n) is 16.6. The first-order valence-electron chi connectivity index (χ1n) is 9.55. The fourth-order valence-corrected chi connectivity index (χ4v) is 3.67. The minimum absolute atomic E-state index is 0.281. The van der Waals surface area contributed by atoms with Gasteiger partial charge in [-0.3, -0.25) is 0 Å². The second-order valence-corrected chi connectivity index (χ2v) is 6.91. The normalized spacial score (nSPS) is 16.6. The lowest BCUT2D eigenvalue weighted by Gasteiger charge is -2.27. The van der Waals surface area contributed by atoms with Gasteiger partial charge in [0.1, 0.15) is 17.6 Å². The molecular formula is C22H26O6. The van der Waals surface area contributed by atoms with Crippen molar-refractivity contribution in [2.45, 2.75) is 25.4 Å². The van der Waals surface area contributed by atoms with Crippen molar-refractivity contribution >= 4 is 0 Å². The Hall–Kier alpha value is -2.44. The van der Waals surface area contributed by atoms with Crippen LogP contribution in [-0.2, 0) is 22.3 Å². The first-order valence-corrected chi connectivity index (χ1v) is 9.55. The van der Waals surface area contributed by atoms with Gasteiger partial charge in [0, 0.05) is 24.2 Å². The molecule has 0 saturated carbocycles. The van der Waals surface area contributed by atoms with Gasteiger partial charge in [0.2, 0.25) is 5.75 Å². The Balaban J connectivity index is 1.67. The Morgan fingerprint density at radius 3 is 2.46 bits per heavy atom. The summed E-state index contributed by atoms with van der Waals surface area (Å²) in [6.07, 6.45) is 2.59. The van der Waals surface area contributed by atoms with E-state index in [0.29, 0.717) is 30.5 Å². The van der Waals surface area contributed by atoms with Crippen molar-refractivity contribution in [3.05, 3.63) is 41.0 Å². The first kappa shape index (κ1) is 18.9. The standard InChI is InChI=1S/C22H26O6/c1-23-20-16(8-6-10-26-12-15-13-27-15)19-17(21(24-2)22(20)25-3)11-14-7-4-5-9-18(14)28-19/h4-5,7,9,15H,6,8,10-13H2,1-3H3. The van der Waals surface area contributed by atoms with E-state index in [1.807, 2.05) is 18.2 Å². The summed E-state index contributed by atoms with van der Waals surface area (Å²) in [6.45, 7) is 2.12. The Kier molecular flexibility index (Phi) is 5.59. The molecule has 2 aromatic rings. The zero-order chi connectivity index (χ0) is 19.5. The number of hydrogen-bond acceptors (Lipinski definition) is 6. The van der Waals surface area contributed by atoms with E-state index < -0.39 is 0 Å². The molecule has 1 atom stereocenters. The van der Waals surface area contributed by atoms with Crippen molar-refractivity contribution in [2.24, 2.45) is 0 Å². The molecule has 0 N–H and O–H groups in total. The number of ether oxygens (including phenoxy) is 6. The van der Waals surface area contributed by atoms with Gasteiger partial charge in [-0.25, -0.2) is 0 Å². The predicted octanol–water partition coefficient (Wildman–Crippen LogP) is 3.76. The van der Waals surface area contributed by atoms with Crippen LogP contribution in [0, 0.1) is 0 Å². The average Bonchev–Trinajstić information content (AvgIpc) is 3.55. The molecule has 2 aliphatic heterocycles. The molecule has 0 aliphatic carbocycles. The van der Waals surface area contributed by atoms with Gasteiger partial charge in [0.05, 0.1) is 34.5 Å². The van der Waals surface area contributed by atoms with Crippen LogP contribution in [0.1, 0.15) is 23.1 Å². The third-order valence-corrected chi connectivity index (χ3v) is 5.09. The molecule has 6 nitrogen and oxygen atoms in total. The summed E-state index contributed by atoms with van der Waals surface area (Å²) in [5.74, 6) is 3.60. The van der Waals surface area contributed by atoms with E-state index in [-0.39, 0.29) is 6.10 Å². The molecule has 1 saturated heterocycles. The number of para-hydroxylation sites is 1. The third-order valence-electron chi connectivity index (χ3n) is 5.09. The molecule has 0 spiro atoms. The summed E-state index contributed by atoms with van der Waals surface area (Å²) < 4.78 is 34.3. The van der Waals surface area contributed by atoms with Gasteiger partial charge in [0.15, 0.2) is 11.5 Å². The molecule has 0 bridgehead atoms. The van der Waals surface area contributed by atoms with Gasteiger partial charge >= 0.3 is 0 Å². The van der Waals surface area contributed by atoms with E-state index in [4.69, 9.17) is 28.4 Å². The molecule has 28 heavy (non-hydrogen) atoms. The van der Waals surface area contributed by atoms with Crippen molar-refractivity contribution in [3.8, 4) is 28.7 Å². The fourth-order valence-electron chi connectivity index (χ4n) is 3.67. The summed E-state index contributed by atoms with van der Waals surface area (Å²) in [6, 6.07) is 8.06. The van der Waals surface area contributed by atoms with E-state index in [1.165, 1.54) is 0 Å². The zero-order valence-corrected chi connectivity index (χ0v) is 16.6. The van der Waals surface area contributed by atoms with Crippen LogP contribution in [0.5, 0.6) is 28.7 Å². The summed E-state index contributed by atoms with van der Waals surface area (Å²) in [7, 11) is 4.92. The lowest BCUT2D eigenvalue weighted by molar-refractivity contribution is 0.114. The molecular weight excluding hydrogens is 360 g/mol. The highest BCUT2D eigenvalue weighted by Crippen LogP contribution is 2.53. The molecule has 2 heterocycles. The highest BCUT2D eigenvalue weighted by Gasteiger charge is 2.31. The maximum absolute atomic E-state index is 6.32. The molecule has 0 radical (unpaired) electrons. The molecule has 6 heteroatoms. The number of hydrogen-bond donors (Lipinski definition) is 0. The lowest BCUT2D eigenvalue weighted by atomic mass is 9.94. The van der Waals surface area contributed by atoms with Crippen LogP contribution in [0.25, 0.3) is 0 Å². The number of fused-ring (bicyclic) bond motifs is 2. The molecule has 2 aromatic carbocycles. The van der Waals surface area contributed by atoms with Crippen LogP contribution in [0.2, 0.25) is 0 Å². The van der Waals surface area contributed by atoms with Gasteiger partial charge in [0.25, 0.3) is 0 Å². The molecule has 2 aliphatic rings. The van der Waals surface area contributed by atoms with Crippen LogP contribution in [-0.4, -0.2) is 47.3 Å². The Bertz CT molecular complexity index is 843. The summed E-state index contributed by atoms with van der Waals surface area (Å²) in [4.78, 5) is 0. The smallest absolute Gasteiger partial charge is 0.204 e. The minimum atomic E-state index is 0.281. The van der Waals surface area contributed by atoms with Gasteiger partial charge in [-0.2, -0.15) is 0 Å². The van der Waals surface area contributed by atoms with E-state index in [1.54, 1.807) is 21.3 Å². The van der Waals surface area contributed by atoms with Gasteiger partial charge in [-0.1, -0.05) is 18.2 Å². The monoisotopic (exact) mass is 386 g/mol. The molecule has 150 valence electrons. The summed E-state index contributed by atoms with van der Waals surface area (Å²) in [5.41, 5.74) is 3.09. The van der Waals surface area contributed by atoms with Gasteiger partial charge in [-0.05, 0) is 24.5 Å². The van der Waals surface area contributed by atoms with Crippen molar-refractivity contribution in [1.82, 2.24) is 0 Å². The number of rotatable bonds is 9. The lowest BCUT2D eigenvalue weighted by Crippen LogP contribution is -2.11. The average molecular weight is 386 g/mol. The van der Waals surface area contributed by atoms with E-state index >= 15 is 0 Å². The maximum Gasteiger partial charge on any atom is 0.204 e. The second-order valence-electron chi connectivity index (χ2n) is 6.91. The van der Waals surface area contributed by atoms with Crippen LogP contribution < -0.4 is 18.9 Å². The Morgan fingerprint density at radius 1 is 1.00 bits per heavy atom. The van der Waals surface area contributed by atoms with E-state index in [0.717, 1.165) is 54.1 Å². The Labute approximate surface area is 165 Å². The molecule has 0 amide bonds. The highest BCUT2D eigenvalue weighted by atomic mass is 16.6. The molecule has 1 unspecified atom stereocenters. The summed E-state index contributed by atoms with van der Waals surface area (Å²) >= 11 is 0. The fraction of sp³-hybridized carbons (Fsp3) is 0.455. The molecule has 4 rings (SSSR count). The largest absolute Gasteiger partial charge is 0.492 e. The number of methoxy groups -OCH3 is 3. The Morgan fingerprint density at radius 2 is 1.75 bits per heavy atom. The van der Waals surface area contributed by atoms with Crippen LogP contribution in [0.3, 0.4) is 0 Å². The first-order chi connectivity index (χ1) is 13.8. The van der Waals surface area contributed by atoms with Gasteiger partial charge < -0.3 is 28.4 Å². The van der Waals surface area contributed by atoms with Crippen LogP contribution >= 0.6 is 0 Å². The number of epoxide rings is 1. The van der Waals surface area contributed by atoms with E-state index in [9.17, 15) is 0 Å². The summed E-state index contributed by atoms with van der Waals surface area (Å²) in [5, 5.41) is 0. The predicted molar refractivity (Wildman–Crippen MR) is 104 cm³/mol.